The highest BCUT2D eigenvalue weighted by atomic mass is 16.5. The molecule has 2 N–H and O–H groups in total. The number of nitrogens with two attached hydrogens (primary N) is 1. The van der Waals surface area contributed by atoms with E-state index in [1.54, 1.807) is 17.7 Å². The number of rotatable bonds is 2. The molecule has 0 radical (unpaired) electrons. The van der Waals surface area contributed by atoms with E-state index >= 15 is 0 Å². The lowest BCUT2D eigenvalue weighted by molar-refractivity contribution is 0.0618. The van der Waals surface area contributed by atoms with Gasteiger partial charge in [0.15, 0.2) is 0 Å². The Morgan fingerprint density at radius 3 is 2.65 bits per heavy atom. The van der Waals surface area contributed by atoms with Gasteiger partial charge < -0.3 is 15.4 Å². The highest BCUT2D eigenvalue weighted by molar-refractivity contribution is 5.99. The number of anilines is 1. The molecule has 7 nitrogen and oxygen atoms in total. The van der Waals surface area contributed by atoms with E-state index in [0.717, 1.165) is 24.9 Å². The molecule has 0 saturated carbocycles. The number of fused-ring (bicyclic) bond motifs is 3. The number of imidazole rings is 1. The molecule has 4 rings (SSSR count). The maximum absolute atomic E-state index is 13.0. The van der Waals surface area contributed by atoms with Gasteiger partial charge in [-0.3, -0.25) is 9.20 Å². The Bertz CT molecular complexity index is 986. The van der Waals surface area contributed by atoms with Crippen LogP contribution in [0.2, 0.25) is 0 Å². The van der Waals surface area contributed by atoms with Crippen molar-refractivity contribution in [2.75, 3.05) is 25.9 Å². The minimum absolute atomic E-state index is 0.0532. The first-order valence-corrected chi connectivity index (χ1v) is 8.88. The molecule has 1 amide bonds. The van der Waals surface area contributed by atoms with Crippen LogP contribution in [0.4, 0.5) is 5.95 Å². The second-order valence-corrected chi connectivity index (χ2v) is 7.30. The van der Waals surface area contributed by atoms with E-state index in [1.165, 1.54) is 0 Å². The minimum atomic E-state index is -0.0532. The van der Waals surface area contributed by atoms with E-state index < -0.39 is 0 Å². The summed E-state index contributed by atoms with van der Waals surface area (Å²) >= 11 is 0. The Morgan fingerprint density at radius 2 is 1.96 bits per heavy atom. The standard InChI is InChI=1S/C19H23N5O2/c1-11-7-12(2)9-23(8-11)18(25)14-10-24-17(21-14)13-5-4-6-15(26-3)16(13)22-19(24)20/h4-6,10-12H,7-9H2,1-3H3,(H2,20,22). The zero-order valence-electron chi connectivity index (χ0n) is 15.3. The van der Waals surface area contributed by atoms with Crippen LogP contribution >= 0.6 is 0 Å². The quantitative estimate of drug-likeness (QED) is 0.765. The predicted octanol–water partition coefficient (Wildman–Crippen LogP) is 2.59. The van der Waals surface area contributed by atoms with Crippen LogP contribution in [0.15, 0.2) is 24.4 Å². The smallest absolute Gasteiger partial charge is 0.274 e. The Balaban J connectivity index is 1.81. The lowest BCUT2D eigenvalue weighted by atomic mass is 9.92. The molecule has 1 aliphatic rings. The number of methoxy groups -OCH3 is 1. The van der Waals surface area contributed by atoms with E-state index in [4.69, 9.17) is 10.5 Å². The Kier molecular flexibility index (Phi) is 3.94. The third-order valence-electron chi connectivity index (χ3n) is 5.01. The fraction of sp³-hybridized carbons (Fsp3) is 0.421. The highest BCUT2D eigenvalue weighted by Gasteiger charge is 2.28. The summed E-state index contributed by atoms with van der Waals surface area (Å²) in [7, 11) is 1.59. The SMILES string of the molecule is COc1cccc2c1nc(N)n1cc(C(=O)N3CC(C)CC(C)C3)nc21. The summed E-state index contributed by atoms with van der Waals surface area (Å²) in [6.45, 7) is 5.89. The normalized spacial score (nSPS) is 20.7. The number of carbonyl (C=O) groups excluding carboxylic acids is 1. The van der Waals surface area contributed by atoms with Crippen LogP contribution in [0.25, 0.3) is 16.6 Å². The van der Waals surface area contributed by atoms with Gasteiger partial charge in [-0.1, -0.05) is 19.9 Å². The summed E-state index contributed by atoms with van der Waals surface area (Å²) in [6, 6.07) is 5.62. The van der Waals surface area contributed by atoms with Crippen molar-refractivity contribution in [1.82, 2.24) is 19.3 Å². The number of nitrogens with zero attached hydrogens (tertiary/aromatic N) is 4. The van der Waals surface area contributed by atoms with Gasteiger partial charge in [0.05, 0.1) is 7.11 Å². The minimum Gasteiger partial charge on any atom is -0.494 e. The van der Waals surface area contributed by atoms with Crippen LogP contribution in [0, 0.1) is 11.8 Å². The van der Waals surface area contributed by atoms with Crippen LogP contribution in [0.1, 0.15) is 30.8 Å². The largest absolute Gasteiger partial charge is 0.494 e. The van der Waals surface area contributed by atoms with Gasteiger partial charge >= 0.3 is 0 Å². The van der Waals surface area contributed by atoms with Crippen LogP contribution in [0.3, 0.4) is 0 Å². The van der Waals surface area contributed by atoms with Crippen molar-refractivity contribution in [2.24, 2.45) is 11.8 Å². The average molecular weight is 353 g/mol. The summed E-state index contributed by atoms with van der Waals surface area (Å²) in [4.78, 5) is 23.9. The van der Waals surface area contributed by atoms with E-state index in [2.05, 4.69) is 23.8 Å². The van der Waals surface area contributed by atoms with E-state index in [0.29, 0.717) is 34.4 Å². The third kappa shape index (κ3) is 2.64. The van der Waals surface area contributed by atoms with Crippen LogP contribution in [-0.2, 0) is 0 Å². The van der Waals surface area contributed by atoms with Crippen LogP contribution in [0.5, 0.6) is 5.75 Å². The van der Waals surface area contributed by atoms with Crippen molar-refractivity contribution >= 4 is 28.4 Å². The Labute approximate surface area is 151 Å². The number of para-hydroxylation sites is 1. The van der Waals surface area contributed by atoms with Crippen molar-refractivity contribution in [3.8, 4) is 5.75 Å². The lowest BCUT2D eigenvalue weighted by Gasteiger charge is -2.34. The van der Waals surface area contributed by atoms with E-state index in [-0.39, 0.29) is 11.9 Å². The van der Waals surface area contributed by atoms with Gasteiger partial charge in [0.1, 0.15) is 22.6 Å². The molecule has 3 aromatic rings. The third-order valence-corrected chi connectivity index (χ3v) is 5.01. The highest BCUT2D eigenvalue weighted by Crippen LogP contribution is 2.29. The Hall–Kier alpha value is -2.83. The molecule has 1 fully saturated rings. The molecule has 0 aliphatic carbocycles. The monoisotopic (exact) mass is 353 g/mol. The Morgan fingerprint density at radius 1 is 1.23 bits per heavy atom. The topological polar surface area (TPSA) is 85.8 Å². The molecule has 2 aromatic heterocycles. The summed E-state index contributed by atoms with van der Waals surface area (Å²) in [5.41, 5.74) is 7.77. The van der Waals surface area contributed by atoms with Crippen molar-refractivity contribution in [3.63, 3.8) is 0 Å². The molecule has 0 spiro atoms. The fourth-order valence-corrected chi connectivity index (χ4v) is 3.99. The zero-order chi connectivity index (χ0) is 18.4. The summed E-state index contributed by atoms with van der Waals surface area (Å²) in [5, 5.41) is 0.804. The van der Waals surface area contributed by atoms with Gasteiger partial charge in [-0.2, -0.15) is 0 Å². The number of likely N-dealkylation sites (tertiary alicyclic amines) is 1. The molecule has 1 saturated heterocycles. The van der Waals surface area contributed by atoms with E-state index in [9.17, 15) is 4.79 Å². The number of piperidine rings is 1. The first-order chi connectivity index (χ1) is 12.5. The molecule has 26 heavy (non-hydrogen) atoms. The van der Waals surface area contributed by atoms with Gasteiger partial charge in [0.25, 0.3) is 5.91 Å². The van der Waals surface area contributed by atoms with Gasteiger partial charge in [-0.05, 0) is 30.4 Å². The molecule has 2 atom stereocenters. The molecule has 0 bridgehead atoms. The van der Waals surface area contributed by atoms with Gasteiger partial charge in [0, 0.05) is 24.7 Å². The maximum Gasteiger partial charge on any atom is 0.274 e. The molecule has 136 valence electrons. The number of benzene rings is 1. The molecule has 1 aliphatic heterocycles. The maximum atomic E-state index is 13.0. The lowest BCUT2D eigenvalue weighted by Crippen LogP contribution is -2.42. The van der Waals surface area contributed by atoms with Gasteiger partial charge in [-0.25, -0.2) is 9.97 Å². The average Bonchev–Trinajstić information content (AvgIpc) is 3.06. The molecule has 2 unspecified atom stereocenters. The molecular weight excluding hydrogens is 330 g/mol. The molecule has 1 aromatic carbocycles. The second kappa shape index (κ2) is 6.16. The summed E-state index contributed by atoms with van der Waals surface area (Å²) in [5.74, 6) is 1.85. The molecule has 7 heteroatoms. The summed E-state index contributed by atoms with van der Waals surface area (Å²) < 4.78 is 7.05. The van der Waals surface area contributed by atoms with Crippen molar-refractivity contribution in [1.29, 1.82) is 0 Å². The van der Waals surface area contributed by atoms with Gasteiger partial charge in [0.2, 0.25) is 5.95 Å². The number of ether oxygens (including phenoxy) is 1. The van der Waals surface area contributed by atoms with Gasteiger partial charge in [-0.15, -0.1) is 0 Å². The molecule has 3 heterocycles. The van der Waals surface area contributed by atoms with Crippen molar-refractivity contribution in [3.05, 3.63) is 30.1 Å². The number of hydrogen-bond acceptors (Lipinski definition) is 5. The number of amides is 1. The number of nitrogen functional groups attached to an aromatic ring is 1. The molecular formula is C19H23N5O2. The van der Waals surface area contributed by atoms with Crippen LogP contribution in [-0.4, -0.2) is 45.4 Å². The summed E-state index contributed by atoms with van der Waals surface area (Å²) in [6.07, 6.45) is 2.83. The zero-order valence-corrected chi connectivity index (χ0v) is 15.3. The van der Waals surface area contributed by atoms with Crippen LogP contribution < -0.4 is 10.5 Å². The van der Waals surface area contributed by atoms with Crippen molar-refractivity contribution < 1.29 is 9.53 Å². The fourth-order valence-electron chi connectivity index (χ4n) is 3.99. The number of carbonyl (C=O) groups is 1. The van der Waals surface area contributed by atoms with E-state index in [1.807, 2.05) is 23.1 Å². The first kappa shape index (κ1) is 16.6. The first-order valence-electron chi connectivity index (χ1n) is 8.88. The number of aromatic nitrogens is 3. The second-order valence-electron chi connectivity index (χ2n) is 7.30. The van der Waals surface area contributed by atoms with Crippen molar-refractivity contribution in [2.45, 2.75) is 20.3 Å². The number of hydrogen-bond donors (Lipinski definition) is 1. The predicted molar refractivity (Wildman–Crippen MR) is 100 cm³/mol.